The highest BCUT2D eigenvalue weighted by molar-refractivity contribution is 8.13. The summed E-state index contributed by atoms with van der Waals surface area (Å²) in [6, 6.07) is 0. The Hall–Kier alpha value is -2.85. The molecule has 3 unspecified atom stereocenters. The highest BCUT2D eigenvalue weighted by Gasteiger charge is 2.50. The third kappa shape index (κ3) is 16.1. The smallest absolute Gasteiger partial charge is 0.396 e. The van der Waals surface area contributed by atoms with Crippen LogP contribution < -0.4 is 16.4 Å². The summed E-state index contributed by atoms with van der Waals surface area (Å²) >= 11 is 0.879. The van der Waals surface area contributed by atoms with Gasteiger partial charge in [0.1, 0.15) is 42.4 Å². The van der Waals surface area contributed by atoms with Crippen molar-refractivity contribution < 1.29 is 95.5 Å². The number of phosphoric acid groups is 3. The predicted molar refractivity (Wildman–Crippen MR) is 204 cm³/mol. The molecule has 3 rings (SSSR count). The summed E-state index contributed by atoms with van der Waals surface area (Å²) in [5.74, 6) is -1.89. The molecule has 340 valence electrons. The average Bonchev–Trinajstić information content (AvgIpc) is 3.72. The lowest BCUT2D eigenvalue weighted by atomic mass is 9.87. The third-order valence-electron chi connectivity index (χ3n) is 8.34. The van der Waals surface area contributed by atoms with E-state index >= 15 is 0 Å². The number of carbonyl (C=O) groups is 4. The van der Waals surface area contributed by atoms with E-state index in [-0.39, 0.29) is 79.7 Å². The standard InChI is InChI=1S/C29H48N7O20P3S/c1-29(2,24(43)27(44)32-8-7-19(40)31-9-11-60-20(41)6-5-17(39)16(38)4-3-10-37)13-53-59(50,51)56-58(48,49)52-12-18-23(55-57(45,46)47)22(42)28(54-18)36-15-35-21-25(30)33-14-34-26(21)36/h14-15,17-18,22-24,28,37,39,42-43H,3-13H2,1-2H3,(H,31,40)(H,32,44)(H,48,49)(H,50,51)(H2,30,33,34)(H2,45,46,47)/t17?,18-,22-,23-,24+,28-/m1/s1. The Morgan fingerprint density at radius 2 is 1.68 bits per heavy atom. The van der Waals surface area contributed by atoms with E-state index in [0.29, 0.717) is 0 Å². The Morgan fingerprint density at radius 3 is 2.35 bits per heavy atom. The molecule has 31 heteroatoms. The van der Waals surface area contributed by atoms with Crippen LogP contribution in [0.2, 0.25) is 0 Å². The molecule has 1 saturated heterocycles. The molecule has 0 saturated carbocycles. The Labute approximate surface area is 345 Å². The molecule has 2 aromatic rings. The van der Waals surface area contributed by atoms with Crippen LogP contribution in [0.15, 0.2) is 12.7 Å². The molecule has 27 nitrogen and oxygen atoms in total. The second-order valence-corrected chi connectivity index (χ2v) is 19.0. The number of hydrogen-bond acceptors (Lipinski definition) is 21. The Morgan fingerprint density at radius 1 is 1.00 bits per heavy atom. The minimum Gasteiger partial charge on any atom is -0.396 e. The molecule has 0 aliphatic carbocycles. The topological polar surface area (TPSA) is 421 Å². The van der Waals surface area contributed by atoms with Gasteiger partial charge < -0.3 is 61.1 Å². The predicted octanol–water partition coefficient (Wildman–Crippen LogP) is -1.85. The van der Waals surface area contributed by atoms with Crippen molar-refractivity contribution in [1.29, 1.82) is 0 Å². The van der Waals surface area contributed by atoms with Gasteiger partial charge in [-0.2, -0.15) is 4.31 Å². The summed E-state index contributed by atoms with van der Waals surface area (Å²) < 4.78 is 62.1. The largest absolute Gasteiger partial charge is 0.481 e. The van der Waals surface area contributed by atoms with Gasteiger partial charge in [-0.1, -0.05) is 25.6 Å². The molecule has 0 radical (unpaired) electrons. The SMILES string of the molecule is CC(C)(COP(=O)(O)OP(=O)(O)OC[C@H]1O[C@@H](n2cnc3c(N)ncnc32)[C@H](O)[C@@H]1OP(=O)(O)O)[C@@H](O)C(=O)NCCC(=O)NCCSC(=O)CCC(O)C(=O)CCCO. The molecule has 8 atom stereocenters. The van der Waals surface area contributed by atoms with Crippen molar-refractivity contribution in [2.24, 2.45) is 5.41 Å². The number of aliphatic hydroxyl groups is 4. The summed E-state index contributed by atoms with van der Waals surface area (Å²) in [5, 5.41) is 44.5. The van der Waals surface area contributed by atoms with E-state index in [9.17, 15) is 67.8 Å². The maximum absolute atomic E-state index is 12.7. The highest BCUT2D eigenvalue weighted by atomic mass is 32.2. The van der Waals surface area contributed by atoms with Gasteiger partial charge in [-0.3, -0.25) is 37.3 Å². The number of phosphoric ester groups is 3. The number of carbonyl (C=O) groups excluding carboxylic acids is 4. The summed E-state index contributed by atoms with van der Waals surface area (Å²) in [7, 11) is -16.5. The number of thioether (sulfide) groups is 1. The van der Waals surface area contributed by atoms with Crippen molar-refractivity contribution in [3.63, 3.8) is 0 Å². The van der Waals surface area contributed by atoms with Gasteiger partial charge in [0.05, 0.1) is 19.5 Å². The van der Waals surface area contributed by atoms with Crippen molar-refractivity contribution in [2.75, 3.05) is 44.4 Å². The van der Waals surface area contributed by atoms with Crippen molar-refractivity contribution in [3.05, 3.63) is 12.7 Å². The van der Waals surface area contributed by atoms with Gasteiger partial charge in [0.2, 0.25) is 11.8 Å². The second-order valence-electron chi connectivity index (χ2n) is 13.6. The first-order chi connectivity index (χ1) is 27.9. The van der Waals surface area contributed by atoms with Gasteiger partial charge >= 0.3 is 23.5 Å². The lowest BCUT2D eigenvalue weighted by molar-refractivity contribution is -0.137. The number of fused-ring (bicyclic) bond motifs is 1. The number of nitrogens with one attached hydrogen (secondary N) is 2. The lowest BCUT2D eigenvalue weighted by Gasteiger charge is -2.30. The monoisotopic (exact) mass is 939 g/mol. The number of aromatic nitrogens is 4. The molecule has 1 fully saturated rings. The van der Waals surface area contributed by atoms with Crippen molar-refractivity contribution in [3.8, 4) is 0 Å². The first kappa shape index (κ1) is 51.5. The number of Topliss-reactive ketones (excluding diaryl/α,β-unsaturated/α-hetero) is 1. The zero-order valence-electron chi connectivity index (χ0n) is 32.0. The second kappa shape index (κ2) is 22.5. The van der Waals surface area contributed by atoms with Gasteiger partial charge in [0.25, 0.3) is 0 Å². The first-order valence-electron chi connectivity index (χ1n) is 17.7. The summed E-state index contributed by atoms with van der Waals surface area (Å²) in [6.45, 7) is -0.0151. The van der Waals surface area contributed by atoms with E-state index in [4.69, 9.17) is 24.6 Å². The van der Waals surface area contributed by atoms with Crippen LogP contribution in [-0.4, -0.2) is 151 Å². The minimum absolute atomic E-state index is 0.00312. The van der Waals surface area contributed by atoms with Gasteiger partial charge in [-0.05, 0) is 12.8 Å². The van der Waals surface area contributed by atoms with Crippen LogP contribution in [-0.2, 0) is 55.5 Å². The molecule has 1 aliphatic heterocycles. The number of amides is 2. The van der Waals surface area contributed by atoms with E-state index in [0.717, 1.165) is 29.0 Å². The van der Waals surface area contributed by atoms with E-state index in [1.807, 2.05) is 0 Å². The molecule has 0 spiro atoms. The average molecular weight is 940 g/mol. The van der Waals surface area contributed by atoms with Crippen molar-refractivity contribution >= 4 is 74.9 Å². The molecule has 0 aromatic carbocycles. The van der Waals surface area contributed by atoms with E-state index < -0.39 is 96.4 Å². The van der Waals surface area contributed by atoms with Gasteiger partial charge in [0, 0.05) is 50.1 Å². The number of rotatable bonds is 26. The maximum Gasteiger partial charge on any atom is 0.481 e. The summed E-state index contributed by atoms with van der Waals surface area (Å²) in [4.78, 5) is 99.3. The molecule has 0 bridgehead atoms. The number of aliphatic hydroxyl groups excluding tert-OH is 4. The van der Waals surface area contributed by atoms with Crippen LogP contribution in [0.5, 0.6) is 0 Å². The Kier molecular flexibility index (Phi) is 19.3. The molecule has 60 heavy (non-hydrogen) atoms. The molecule has 2 aromatic heterocycles. The van der Waals surface area contributed by atoms with E-state index in [1.54, 1.807) is 0 Å². The molecule has 12 N–H and O–H groups in total. The first-order valence-corrected chi connectivity index (χ1v) is 23.2. The maximum atomic E-state index is 12.7. The minimum atomic E-state index is -5.60. The number of ketones is 1. The van der Waals surface area contributed by atoms with Crippen LogP contribution in [0, 0.1) is 5.41 Å². The molecule has 2 amide bonds. The fourth-order valence-electron chi connectivity index (χ4n) is 5.20. The number of nitrogen functional groups attached to an aromatic ring is 1. The number of ether oxygens (including phenoxy) is 1. The van der Waals surface area contributed by atoms with Crippen LogP contribution in [0.3, 0.4) is 0 Å². The normalized spacial score (nSPS) is 21.5. The third-order valence-corrected chi connectivity index (χ3v) is 12.4. The summed E-state index contributed by atoms with van der Waals surface area (Å²) in [6.07, 6.45) is -8.38. The van der Waals surface area contributed by atoms with E-state index in [1.165, 1.54) is 13.8 Å². The van der Waals surface area contributed by atoms with Crippen LogP contribution >= 0.6 is 35.2 Å². The van der Waals surface area contributed by atoms with Gasteiger partial charge in [0.15, 0.2) is 28.6 Å². The number of hydrogen-bond donors (Lipinski definition) is 11. The Balaban J connectivity index is 1.43. The zero-order valence-corrected chi connectivity index (χ0v) is 35.5. The highest BCUT2D eigenvalue weighted by Crippen LogP contribution is 2.61. The number of imidazole rings is 1. The fourth-order valence-corrected chi connectivity index (χ4v) is 8.73. The molecule has 3 heterocycles. The van der Waals surface area contributed by atoms with Crippen LogP contribution in [0.4, 0.5) is 5.82 Å². The molecular weight excluding hydrogens is 891 g/mol. The zero-order chi connectivity index (χ0) is 45.1. The number of nitrogens with two attached hydrogens (primary N) is 1. The number of anilines is 1. The van der Waals surface area contributed by atoms with E-state index in [2.05, 4.69) is 34.4 Å². The van der Waals surface area contributed by atoms with Crippen LogP contribution in [0.1, 0.15) is 52.2 Å². The quantitative estimate of drug-likeness (QED) is 0.0364. The van der Waals surface area contributed by atoms with Crippen molar-refractivity contribution in [2.45, 2.75) is 82.7 Å². The molecule has 1 aliphatic rings. The van der Waals surface area contributed by atoms with Crippen LogP contribution in [0.25, 0.3) is 11.2 Å². The number of nitrogens with zero attached hydrogens (tertiary/aromatic N) is 4. The van der Waals surface area contributed by atoms with Crippen molar-refractivity contribution in [1.82, 2.24) is 30.2 Å². The Bertz CT molecular complexity index is 1950. The molecular formula is C29H48N7O20P3S. The van der Waals surface area contributed by atoms with Gasteiger partial charge in [-0.25, -0.2) is 28.6 Å². The van der Waals surface area contributed by atoms with Gasteiger partial charge in [-0.15, -0.1) is 0 Å². The lowest BCUT2D eigenvalue weighted by Crippen LogP contribution is -2.46. The summed E-state index contributed by atoms with van der Waals surface area (Å²) in [5.41, 5.74) is 4.19. The fraction of sp³-hybridized carbons (Fsp3) is 0.690.